The Bertz CT molecular complexity index is 442. The van der Waals surface area contributed by atoms with Crippen molar-refractivity contribution in [1.29, 1.82) is 0 Å². The molecular weight excluding hydrogens is 244 g/mol. The first-order valence-electron chi connectivity index (χ1n) is 6.65. The number of rotatable bonds is 6. The van der Waals surface area contributed by atoms with E-state index in [1.54, 1.807) is 12.1 Å². The average molecular weight is 264 g/mol. The molecule has 1 aliphatic rings. The third-order valence-electron chi connectivity index (χ3n) is 3.37. The lowest BCUT2D eigenvalue weighted by Crippen LogP contribution is -2.16. The predicted octanol–water partition coefficient (Wildman–Crippen LogP) is 2.34. The van der Waals surface area contributed by atoms with Gasteiger partial charge in [-0.1, -0.05) is 12.8 Å². The van der Waals surface area contributed by atoms with Crippen LogP contribution in [-0.2, 0) is 4.74 Å². The quantitative estimate of drug-likeness (QED) is 0.542. The second-order valence-electron chi connectivity index (χ2n) is 4.81. The van der Waals surface area contributed by atoms with Gasteiger partial charge in [-0.15, -0.1) is 0 Å². The van der Waals surface area contributed by atoms with Crippen LogP contribution in [0.25, 0.3) is 0 Å². The number of hydrogen-bond donors (Lipinski definition) is 3. The van der Waals surface area contributed by atoms with E-state index in [0.717, 1.165) is 18.5 Å². The number of nitrogen functional groups attached to an aromatic ring is 1. The molecule has 0 radical (unpaired) electrons. The Labute approximate surface area is 112 Å². The number of ether oxygens (including phenoxy) is 1. The fourth-order valence-corrected chi connectivity index (χ4v) is 2.32. The summed E-state index contributed by atoms with van der Waals surface area (Å²) >= 11 is 0. The van der Waals surface area contributed by atoms with Gasteiger partial charge in [0.2, 0.25) is 0 Å². The van der Waals surface area contributed by atoms with Crippen molar-refractivity contribution in [2.75, 3.05) is 24.2 Å². The van der Waals surface area contributed by atoms with Gasteiger partial charge in [0.1, 0.15) is 0 Å². The van der Waals surface area contributed by atoms with Crippen LogP contribution >= 0.6 is 0 Å². The molecule has 1 aromatic rings. The van der Waals surface area contributed by atoms with Gasteiger partial charge in [0.05, 0.1) is 29.6 Å². The van der Waals surface area contributed by atoms with Crippen molar-refractivity contribution in [3.63, 3.8) is 0 Å². The minimum absolute atomic E-state index is 0.199. The molecule has 0 spiro atoms. The first-order valence-corrected chi connectivity index (χ1v) is 6.65. The number of carboxylic acid groups (broad SMARTS) is 1. The van der Waals surface area contributed by atoms with Crippen LogP contribution < -0.4 is 11.1 Å². The van der Waals surface area contributed by atoms with Crippen molar-refractivity contribution in [2.24, 2.45) is 0 Å². The van der Waals surface area contributed by atoms with Crippen molar-refractivity contribution >= 4 is 17.3 Å². The number of hydrogen-bond acceptors (Lipinski definition) is 4. The van der Waals surface area contributed by atoms with Crippen molar-refractivity contribution in [2.45, 2.75) is 31.8 Å². The molecule has 5 nitrogen and oxygen atoms in total. The Balaban J connectivity index is 1.77. The van der Waals surface area contributed by atoms with E-state index in [9.17, 15) is 4.79 Å². The van der Waals surface area contributed by atoms with E-state index in [0.29, 0.717) is 24.9 Å². The maximum Gasteiger partial charge on any atom is 0.335 e. The zero-order valence-corrected chi connectivity index (χ0v) is 10.9. The zero-order valence-electron chi connectivity index (χ0n) is 10.9. The molecule has 5 heteroatoms. The number of carboxylic acids is 1. The lowest BCUT2D eigenvalue weighted by atomic mass is 10.2. The normalized spacial score (nSPS) is 15.6. The molecule has 1 aromatic carbocycles. The van der Waals surface area contributed by atoms with E-state index in [1.807, 2.05) is 0 Å². The van der Waals surface area contributed by atoms with Crippen LogP contribution in [0.15, 0.2) is 18.2 Å². The van der Waals surface area contributed by atoms with E-state index in [1.165, 1.54) is 18.9 Å². The molecule has 0 unspecified atom stereocenters. The lowest BCUT2D eigenvalue weighted by molar-refractivity contribution is 0.0658. The zero-order chi connectivity index (χ0) is 13.7. The Morgan fingerprint density at radius 3 is 2.79 bits per heavy atom. The summed E-state index contributed by atoms with van der Waals surface area (Å²) in [7, 11) is 0. The highest BCUT2D eigenvalue weighted by molar-refractivity contribution is 5.90. The number of benzene rings is 1. The smallest absolute Gasteiger partial charge is 0.335 e. The molecule has 1 fully saturated rings. The van der Waals surface area contributed by atoms with Gasteiger partial charge in [0.25, 0.3) is 0 Å². The van der Waals surface area contributed by atoms with Crippen LogP contribution in [0, 0.1) is 0 Å². The van der Waals surface area contributed by atoms with Gasteiger partial charge in [-0.05, 0) is 31.0 Å². The van der Waals surface area contributed by atoms with Gasteiger partial charge in [-0.2, -0.15) is 0 Å². The Kier molecular flexibility index (Phi) is 4.63. The summed E-state index contributed by atoms with van der Waals surface area (Å²) < 4.78 is 5.73. The predicted molar refractivity (Wildman–Crippen MR) is 74.5 cm³/mol. The lowest BCUT2D eigenvalue weighted by Gasteiger charge is -2.13. The molecule has 4 N–H and O–H groups in total. The first-order chi connectivity index (χ1) is 9.16. The van der Waals surface area contributed by atoms with Gasteiger partial charge >= 0.3 is 5.97 Å². The van der Waals surface area contributed by atoms with Crippen molar-refractivity contribution in [3.8, 4) is 0 Å². The Hall–Kier alpha value is -1.75. The molecular formula is C14H20N2O3. The average Bonchev–Trinajstić information content (AvgIpc) is 2.89. The standard InChI is InChI=1S/C14H20N2O3/c15-12-9-10(14(17)18)5-6-13(12)16-7-8-19-11-3-1-2-4-11/h5-6,9,11,16H,1-4,7-8,15H2,(H,17,18). The molecule has 0 amide bonds. The summed E-state index contributed by atoms with van der Waals surface area (Å²) in [4.78, 5) is 10.8. The molecule has 19 heavy (non-hydrogen) atoms. The fraction of sp³-hybridized carbons (Fsp3) is 0.500. The Morgan fingerprint density at radius 2 is 2.16 bits per heavy atom. The van der Waals surface area contributed by atoms with Gasteiger partial charge < -0.3 is 20.9 Å². The van der Waals surface area contributed by atoms with E-state index in [4.69, 9.17) is 15.6 Å². The number of nitrogens with two attached hydrogens (primary N) is 1. The van der Waals surface area contributed by atoms with Crippen molar-refractivity contribution in [3.05, 3.63) is 23.8 Å². The second kappa shape index (κ2) is 6.43. The second-order valence-corrected chi connectivity index (χ2v) is 4.81. The number of anilines is 2. The number of nitrogens with one attached hydrogen (secondary N) is 1. The molecule has 1 aliphatic carbocycles. The highest BCUT2D eigenvalue weighted by Crippen LogP contribution is 2.21. The summed E-state index contributed by atoms with van der Waals surface area (Å²) in [5.41, 5.74) is 7.19. The van der Waals surface area contributed by atoms with Crippen LogP contribution in [0.5, 0.6) is 0 Å². The minimum Gasteiger partial charge on any atom is -0.478 e. The molecule has 104 valence electrons. The van der Waals surface area contributed by atoms with Crippen LogP contribution in [-0.4, -0.2) is 30.3 Å². The Morgan fingerprint density at radius 1 is 1.42 bits per heavy atom. The minimum atomic E-state index is -0.970. The topological polar surface area (TPSA) is 84.6 Å². The first kappa shape index (κ1) is 13.7. The van der Waals surface area contributed by atoms with Crippen molar-refractivity contribution < 1.29 is 14.6 Å². The third kappa shape index (κ3) is 3.86. The molecule has 0 aromatic heterocycles. The molecule has 1 saturated carbocycles. The van der Waals surface area contributed by atoms with E-state index in [2.05, 4.69) is 5.32 Å². The number of carbonyl (C=O) groups is 1. The van der Waals surface area contributed by atoms with Crippen molar-refractivity contribution in [1.82, 2.24) is 0 Å². The van der Waals surface area contributed by atoms with E-state index < -0.39 is 5.97 Å². The summed E-state index contributed by atoms with van der Waals surface area (Å²) in [6, 6.07) is 4.69. The molecule has 0 heterocycles. The van der Waals surface area contributed by atoms with Crippen LogP contribution in [0.4, 0.5) is 11.4 Å². The summed E-state index contributed by atoms with van der Waals surface area (Å²) in [5.74, 6) is -0.970. The van der Waals surface area contributed by atoms with Gasteiger partial charge in [-0.3, -0.25) is 0 Å². The van der Waals surface area contributed by atoms with Crippen LogP contribution in [0.3, 0.4) is 0 Å². The van der Waals surface area contributed by atoms with Gasteiger partial charge in [0.15, 0.2) is 0 Å². The number of aromatic carboxylic acids is 1. The third-order valence-corrected chi connectivity index (χ3v) is 3.37. The monoisotopic (exact) mass is 264 g/mol. The molecule has 0 aliphatic heterocycles. The van der Waals surface area contributed by atoms with Crippen LogP contribution in [0.2, 0.25) is 0 Å². The highest BCUT2D eigenvalue weighted by atomic mass is 16.5. The van der Waals surface area contributed by atoms with E-state index >= 15 is 0 Å². The molecule has 0 saturated heterocycles. The fourth-order valence-electron chi connectivity index (χ4n) is 2.32. The molecule has 0 atom stereocenters. The molecule has 0 bridgehead atoms. The summed E-state index contributed by atoms with van der Waals surface area (Å²) in [5, 5.41) is 12.0. The molecule has 2 rings (SSSR count). The maximum atomic E-state index is 10.8. The summed E-state index contributed by atoms with van der Waals surface area (Å²) in [6.07, 6.45) is 5.27. The van der Waals surface area contributed by atoms with Gasteiger partial charge in [0, 0.05) is 6.54 Å². The summed E-state index contributed by atoms with van der Waals surface area (Å²) in [6.45, 7) is 1.32. The highest BCUT2D eigenvalue weighted by Gasteiger charge is 2.14. The SMILES string of the molecule is Nc1cc(C(=O)O)ccc1NCCOC1CCCC1. The van der Waals surface area contributed by atoms with E-state index in [-0.39, 0.29) is 5.56 Å². The maximum absolute atomic E-state index is 10.8. The largest absolute Gasteiger partial charge is 0.478 e. The van der Waals surface area contributed by atoms with Gasteiger partial charge in [-0.25, -0.2) is 4.79 Å². The van der Waals surface area contributed by atoms with Crippen LogP contribution in [0.1, 0.15) is 36.0 Å².